The fraction of sp³-hybridized carbons (Fsp3) is 0.158. The maximum absolute atomic E-state index is 12.0. The lowest BCUT2D eigenvalue weighted by atomic mass is 9.96. The average Bonchev–Trinajstić information content (AvgIpc) is 3.02. The summed E-state index contributed by atoms with van der Waals surface area (Å²) in [4.78, 5) is 16.4. The molecule has 0 saturated heterocycles. The van der Waals surface area contributed by atoms with Gasteiger partial charge in [0.1, 0.15) is 10.6 Å². The Morgan fingerprint density at radius 3 is 2.67 bits per heavy atom. The maximum atomic E-state index is 12.0. The number of aromatic nitrogens is 1. The van der Waals surface area contributed by atoms with E-state index in [9.17, 15) is 9.90 Å². The number of nitrogens with one attached hydrogen (secondary N) is 1. The number of aliphatic hydroxyl groups is 1. The van der Waals surface area contributed by atoms with Gasteiger partial charge in [0.25, 0.3) is 0 Å². The first-order valence-electron chi connectivity index (χ1n) is 7.64. The van der Waals surface area contributed by atoms with Gasteiger partial charge in [-0.05, 0) is 30.7 Å². The van der Waals surface area contributed by atoms with Crippen LogP contribution in [0.3, 0.4) is 0 Å². The summed E-state index contributed by atoms with van der Waals surface area (Å²) < 4.78 is 1.09. The largest absolute Gasteiger partial charge is 0.384 e. The van der Waals surface area contributed by atoms with Crippen molar-refractivity contribution >= 4 is 33.5 Å². The smallest absolute Gasteiger partial charge is 0.244 e. The van der Waals surface area contributed by atoms with Gasteiger partial charge in [-0.15, -0.1) is 11.3 Å². The third kappa shape index (κ3) is 3.88. The Bertz CT molecular complexity index is 836. The Morgan fingerprint density at radius 2 is 1.92 bits per heavy atom. The molecule has 3 rings (SSSR count). The molecule has 24 heavy (non-hydrogen) atoms. The second-order valence-corrected chi connectivity index (χ2v) is 6.77. The molecule has 1 amide bonds. The maximum Gasteiger partial charge on any atom is 0.244 e. The molecule has 0 aliphatic carbocycles. The average molecular weight is 338 g/mol. The van der Waals surface area contributed by atoms with E-state index in [2.05, 4.69) is 10.3 Å². The highest BCUT2D eigenvalue weighted by Crippen LogP contribution is 2.22. The molecule has 1 heterocycles. The first-order valence-corrected chi connectivity index (χ1v) is 8.46. The molecular weight excluding hydrogens is 320 g/mol. The Morgan fingerprint density at radius 1 is 1.21 bits per heavy atom. The SMILES string of the molecule is CC(O)(CNC(=O)C=Cc1nc2ccccc2s1)c1ccccc1. The Kier molecular flexibility index (Phi) is 4.74. The lowest BCUT2D eigenvalue weighted by molar-refractivity contribution is -0.117. The standard InChI is InChI=1S/C19H18N2O2S/c1-19(23,14-7-3-2-4-8-14)13-20-17(22)11-12-18-21-15-9-5-6-10-16(15)24-18/h2-12,23H,13H2,1H3,(H,20,22). The Labute approximate surface area is 144 Å². The van der Waals surface area contributed by atoms with Crippen LogP contribution in [0, 0.1) is 0 Å². The van der Waals surface area contributed by atoms with Crippen molar-refractivity contribution in [2.24, 2.45) is 0 Å². The monoisotopic (exact) mass is 338 g/mol. The topological polar surface area (TPSA) is 62.2 Å². The lowest BCUT2D eigenvalue weighted by Gasteiger charge is -2.23. The highest BCUT2D eigenvalue weighted by atomic mass is 32.1. The van der Waals surface area contributed by atoms with Crippen LogP contribution >= 0.6 is 11.3 Å². The van der Waals surface area contributed by atoms with E-state index in [-0.39, 0.29) is 12.5 Å². The van der Waals surface area contributed by atoms with E-state index < -0.39 is 5.60 Å². The van der Waals surface area contributed by atoms with Crippen LogP contribution < -0.4 is 5.32 Å². The highest BCUT2D eigenvalue weighted by Gasteiger charge is 2.22. The third-order valence-electron chi connectivity index (χ3n) is 3.69. The van der Waals surface area contributed by atoms with Crippen molar-refractivity contribution in [1.82, 2.24) is 10.3 Å². The summed E-state index contributed by atoms with van der Waals surface area (Å²) in [5.74, 6) is -0.259. The highest BCUT2D eigenvalue weighted by molar-refractivity contribution is 7.19. The zero-order valence-electron chi connectivity index (χ0n) is 13.3. The van der Waals surface area contributed by atoms with Gasteiger partial charge in [0.05, 0.1) is 16.8 Å². The second-order valence-electron chi connectivity index (χ2n) is 5.71. The number of carbonyl (C=O) groups is 1. The van der Waals surface area contributed by atoms with E-state index in [1.165, 1.54) is 17.4 Å². The minimum Gasteiger partial charge on any atom is -0.384 e. The number of amides is 1. The van der Waals surface area contributed by atoms with Crippen LogP contribution in [-0.4, -0.2) is 22.5 Å². The molecule has 0 fully saturated rings. The van der Waals surface area contributed by atoms with Crippen LogP contribution in [0.5, 0.6) is 0 Å². The summed E-state index contributed by atoms with van der Waals surface area (Å²) in [5, 5.41) is 14.0. The van der Waals surface area contributed by atoms with Gasteiger partial charge in [0.2, 0.25) is 5.91 Å². The molecule has 0 spiro atoms. The zero-order chi connectivity index (χ0) is 17.0. The normalized spacial score (nSPS) is 13.9. The van der Waals surface area contributed by atoms with Gasteiger partial charge in [-0.1, -0.05) is 42.5 Å². The molecule has 0 aliphatic heterocycles. The quantitative estimate of drug-likeness (QED) is 0.702. The van der Waals surface area contributed by atoms with Gasteiger partial charge in [-0.2, -0.15) is 0 Å². The van der Waals surface area contributed by atoms with Gasteiger partial charge in [-0.3, -0.25) is 4.79 Å². The van der Waals surface area contributed by atoms with Crippen molar-refractivity contribution in [1.29, 1.82) is 0 Å². The molecule has 0 aliphatic rings. The van der Waals surface area contributed by atoms with Crippen molar-refractivity contribution < 1.29 is 9.90 Å². The number of benzene rings is 2. The Hall–Kier alpha value is -2.50. The minimum absolute atomic E-state index is 0.139. The van der Waals surface area contributed by atoms with Crippen LogP contribution in [0.25, 0.3) is 16.3 Å². The number of rotatable bonds is 5. The van der Waals surface area contributed by atoms with Gasteiger partial charge in [-0.25, -0.2) is 4.98 Å². The van der Waals surface area contributed by atoms with Crippen LogP contribution in [-0.2, 0) is 10.4 Å². The van der Waals surface area contributed by atoms with Crippen LogP contribution in [0.15, 0.2) is 60.7 Å². The molecule has 5 heteroatoms. The number of hydrogen-bond acceptors (Lipinski definition) is 4. The molecule has 1 atom stereocenters. The van der Waals surface area contributed by atoms with Gasteiger partial charge >= 0.3 is 0 Å². The first-order chi connectivity index (χ1) is 11.5. The van der Waals surface area contributed by atoms with Crippen molar-refractivity contribution in [2.75, 3.05) is 6.54 Å². The number of nitrogens with zero attached hydrogens (tertiary/aromatic N) is 1. The third-order valence-corrected chi connectivity index (χ3v) is 4.69. The molecule has 1 aromatic heterocycles. The molecule has 1 unspecified atom stereocenters. The number of hydrogen-bond donors (Lipinski definition) is 2. The molecule has 0 radical (unpaired) electrons. The van der Waals surface area contributed by atoms with Crippen molar-refractivity contribution in [3.63, 3.8) is 0 Å². The fourth-order valence-electron chi connectivity index (χ4n) is 2.33. The van der Waals surface area contributed by atoms with Crippen LogP contribution in [0.1, 0.15) is 17.5 Å². The predicted octanol–water partition coefficient (Wildman–Crippen LogP) is 3.33. The predicted molar refractivity (Wildman–Crippen MR) is 97.7 cm³/mol. The number of carbonyl (C=O) groups excluding carboxylic acids is 1. The fourth-order valence-corrected chi connectivity index (χ4v) is 3.20. The minimum atomic E-state index is -1.11. The summed E-state index contributed by atoms with van der Waals surface area (Å²) >= 11 is 1.53. The summed E-state index contributed by atoms with van der Waals surface area (Å²) in [6, 6.07) is 17.1. The van der Waals surface area contributed by atoms with Crippen LogP contribution in [0.4, 0.5) is 0 Å². The van der Waals surface area contributed by atoms with E-state index in [0.717, 1.165) is 20.8 Å². The van der Waals surface area contributed by atoms with Gasteiger partial charge in [0.15, 0.2) is 0 Å². The van der Waals surface area contributed by atoms with E-state index in [1.807, 2.05) is 54.6 Å². The van der Waals surface area contributed by atoms with Crippen LogP contribution in [0.2, 0.25) is 0 Å². The Balaban J connectivity index is 1.61. The summed E-state index contributed by atoms with van der Waals surface area (Å²) in [6.07, 6.45) is 3.13. The second kappa shape index (κ2) is 6.95. The lowest BCUT2D eigenvalue weighted by Crippen LogP contribution is -2.37. The van der Waals surface area contributed by atoms with Crippen molar-refractivity contribution in [2.45, 2.75) is 12.5 Å². The zero-order valence-corrected chi connectivity index (χ0v) is 14.1. The van der Waals surface area contributed by atoms with Crippen molar-refractivity contribution in [3.8, 4) is 0 Å². The molecule has 122 valence electrons. The van der Waals surface area contributed by atoms with E-state index in [0.29, 0.717) is 0 Å². The van der Waals surface area contributed by atoms with E-state index in [4.69, 9.17) is 0 Å². The molecular formula is C19H18N2O2S. The molecule has 2 aromatic carbocycles. The van der Waals surface area contributed by atoms with Crippen molar-refractivity contribution in [3.05, 3.63) is 71.2 Å². The number of fused-ring (bicyclic) bond motifs is 1. The number of para-hydroxylation sites is 1. The van der Waals surface area contributed by atoms with Gasteiger partial charge in [0, 0.05) is 6.08 Å². The molecule has 2 N–H and O–H groups in total. The molecule has 3 aromatic rings. The molecule has 0 bridgehead atoms. The summed E-state index contributed by atoms with van der Waals surface area (Å²) in [5.41, 5.74) is 0.579. The number of thiazole rings is 1. The summed E-state index contributed by atoms with van der Waals surface area (Å²) in [6.45, 7) is 1.82. The van der Waals surface area contributed by atoms with Gasteiger partial charge < -0.3 is 10.4 Å². The molecule has 0 saturated carbocycles. The van der Waals surface area contributed by atoms with E-state index in [1.54, 1.807) is 13.0 Å². The molecule has 4 nitrogen and oxygen atoms in total. The first kappa shape index (κ1) is 16.4. The summed E-state index contributed by atoms with van der Waals surface area (Å²) in [7, 11) is 0. The van der Waals surface area contributed by atoms with E-state index >= 15 is 0 Å².